The molecule has 25 heavy (non-hydrogen) atoms. The van der Waals surface area contributed by atoms with Gasteiger partial charge in [0, 0.05) is 12.8 Å². The van der Waals surface area contributed by atoms with Crippen LogP contribution < -0.4 is 0 Å². The molecule has 0 atom stereocenters. The zero-order valence-electron chi connectivity index (χ0n) is 17.3. The lowest BCUT2D eigenvalue weighted by Gasteiger charge is -2.23. The molecule has 0 aliphatic carbocycles. The molecule has 0 aliphatic rings. The van der Waals surface area contributed by atoms with Crippen molar-refractivity contribution in [3.8, 4) is 0 Å². The molecular formula is C19H40N2O4+2. The van der Waals surface area contributed by atoms with E-state index in [-0.39, 0.29) is 11.9 Å². The van der Waals surface area contributed by atoms with Crippen molar-refractivity contribution in [1.29, 1.82) is 0 Å². The van der Waals surface area contributed by atoms with Gasteiger partial charge in [-0.2, -0.15) is 0 Å². The molecule has 0 fully saturated rings. The Morgan fingerprint density at radius 2 is 0.920 bits per heavy atom. The Morgan fingerprint density at radius 1 is 0.600 bits per heavy atom. The van der Waals surface area contributed by atoms with Crippen LogP contribution in [0.5, 0.6) is 0 Å². The number of hydrogen-bond donors (Lipinski definition) is 0. The van der Waals surface area contributed by atoms with E-state index in [1.807, 2.05) is 0 Å². The highest BCUT2D eigenvalue weighted by Gasteiger charge is 2.10. The molecule has 0 unspecified atom stereocenters. The van der Waals surface area contributed by atoms with E-state index in [0.29, 0.717) is 26.1 Å². The molecule has 0 N–H and O–H groups in total. The van der Waals surface area contributed by atoms with Crippen LogP contribution in [-0.4, -0.2) is 89.5 Å². The molecule has 0 aromatic rings. The number of rotatable bonds is 14. The quantitative estimate of drug-likeness (QED) is 0.271. The zero-order chi connectivity index (χ0) is 19.3. The van der Waals surface area contributed by atoms with Crippen molar-refractivity contribution in [3.63, 3.8) is 0 Å². The molecule has 0 aromatic heterocycles. The van der Waals surface area contributed by atoms with E-state index in [1.54, 1.807) is 0 Å². The van der Waals surface area contributed by atoms with Gasteiger partial charge in [-0.15, -0.1) is 0 Å². The highest BCUT2D eigenvalue weighted by molar-refractivity contribution is 5.69. The summed E-state index contributed by atoms with van der Waals surface area (Å²) in [6, 6.07) is 0. The molecule has 0 spiro atoms. The Labute approximate surface area is 154 Å². The van der Waals surface area contributed by atoms with Crippen LogP contribution in [-0.2, 0) is 19.1 Å². The minimum Gasteiger partial charge on any atom is -0.460 e. The summed E-state index contributed by atoms with van der Waals surface area (Å²) in [6.45, 7) is 2.63. The van der Waals surface area contributed by atoms with Crippen molar-refractivity contribution in [2.45, 2.75) is 44.9 Å². The van der Waals surface area contributed by atoms with Gasteiger partial charge >= 0.3 is 11.9 Å². The topological polar surface area (TPSA) is 52.6 Å². The van der Waals surface area contributed by atoms with Gasteiger partial charge in [0.05, 0.1) is 42.3 Å². The number of likely N-dealkylation sites (N-methyl/N-ethyl adjacent to an activating group) is 2. The van der Waals surface area contributed by atoms with Crippen LogP contribution in [0.2, 0.25) is 0 Å². The number of hydrogen-bond acceptors (Lipinski definition) is 4. The Bertz CT molecular complexity index is 348. The second-order valence-electron chi connectivity index (χ2n) is 8.74. The lowest BCUT2D eigenvalue weighted by atomic mass is 10.1. The normalized spacial score (nSPS) is 12.1. The van der Waals surface area contributed by atoms with E-state index in [1.165, 1.54) is 0 Å². The van der Waals surface area contributed by atoms with Gasteiger partial charge in [0.25, 0.3) is 0 Å². The van der Waals surface area contributed by atoms with Crippen molar-refractivity contribution in [1.82, 2.24) is 0 Å². The van der Waals surface area contributed by atoms with Gasteiger partial charge in [0.15, 0.2) is 0 Å². The molecule has 0 aromatic carbocycles. The number of carbonyl (C=O) groups excluding carboxylic acids is 2. The summed E-state index contributed by atoms with van der Waals surface area (Å²) < 4.78 is 12.0. The Hall–Kier alpha value is -1.14. The first-order valence-electron chi connectivity index (χ1n) is 9.42. The molecule has 6 nitrogen and oxygen atoms in total. The first-order chi connectivity index (χ1) is 11.5. The highest BCUT2D eigenvalue weighted by Crippen LogP contribution is 2.08. The van der Waals surface area contributed by atoms with Crippen molar-refractivity contribution in [2.24, 2.45) is 0 Å². The van der Waals surface area contributed by atoms with E-state index in [0.717, 1.165) is 54.2 Å². The Morgan fingerprint density at radius 3 is 1.24 bits per heavy atom. The van der Waals surface area contributed by atoms with Gasteiger partial charge in [-0.25, -0.2) is 0 Å². The van der Waals surface area contributed by atoms with Crippen LogP contribution in [0.3, 0.4) is 0 Å². The van der Waals surface area contributed by atoms with E-state index >= 15 is 0 Å². The fraction of sp³-hybridized carbons (Fsp3) is 0.895. The zero-order valence-corrected chi connectivity index (χ0v) is 17.3. The van der Waals surface area contributed by atoms with Crippen LogP contribution in [0, 0.1) is 0 Å². The number of nitrogens with zero attached hydrogens (tertiary/aromatic N) is 2. The molecule has 0 amide bonds. The van der Waals surface area contributed by atoms with Crippen LogP contribution in [0.1, 0.15) is 44.9 Å². The lowest BCUT2D eigenvalue weighted by molar-refractivity contribution is -0.870. The van der Waals surface area contributed by atoms with Gasteiger partial charge in [0.1, 0.15) is 26.3 Å². The molecule has 0 rings (SSSR count). The van der Waals surface area contributed by atoms with Gasteiger partial charge < -0.3 is 18.4 Å². The number of carbonyl (C=O) groups is 2. The summed E-state index contributed by atoms with van der Waals surface area (Å²) in [5.41, 5.74) is 0. The van der Waals surface area contributed by atoms with Gasteiger partial charge in [-0.1, -0.05) is 19.3 Å². The third-order valence-corrected chi connectivity index (χ3v) is 3.81. The maximum absolute atomic E-state index is 11.6. The fourth-order valence-corrected chi connectivity index (χ4v) is 2.08. The minimum atomic E-state index is -0.103. The first-order valence-corrected chi connectivity index (χ1v) is 9.42. The number of unbranched alkanes of at least 4 members (excludes halogenated alkanes) is 4. The monoisotopic (exact) mass is 360 g/mol. The van der Waals surface area contributed by atoms with E-state index < -0.39 is 0 Å². The molecule has 6 heteroatoms. The number of esters is 2. The van der Waals surface area contributed by atoms with Crippen LogP contribution in [0.15, 0.2) is 0 Å². The maximum atomic E-state index is 11.6. The van der Waals surface area contributed by atoms with Crippen molar-refractivity contribution < 1.29 is 28.0 Å². The largest absolute Gasteiger partial charge is 0.460 e. The summed E-state index contributed by atoms with van der Waals surface area (Å²) in [4.78, 5) is 23.2. The average molecular weight is 361 g/mol. The second kappa shape index (κ2) is 12.3. The van der Waals surface area contributed by atoms with Crippen molar-refractivity contribution in [2.75, 3.05) is 68.6 Å². The molecule has 0 saturated heterocycles. The van der Waals surface area contributed by atoms with Gasteiger partial charge in [0.2, 0.25) is 0 Å². The third kappa shape index (κ3) is 19.0. The highest BCUT2D eigenvalue weighted by atomic mass is 16.5. The Kier molecular flexibility index (Phi) is 11.7. The predicted octanol–water partition coefficient (Wildman–Crippen LogP) is 2.22. The minimum absolute atomic E-state index is 0.103. The number of ether oxygens (including phenoxy) is 2. The van der Waals surface area contributed by atoms with E-state index in [4.69, 9.17) is 9.47 Å². The molecule has 0 bridgehead atoms. The maximum Gasteiger partial charge on any atom is 0.305 e. The first kappa shape index (κ1) is 23.9. The molecule has 0 aliphatic heterocycles. The SMILES string of the molecule is C[N+](C)(C)CCOC(=O)CCCCCCCC(=O)OCC[N+](C)(C)C. The average Bonchev–Trinajstić information content (AvgIpc) is 2.43. The third-order valence-electron chi connectivity index (χ3n) is 3.81. The Balaban J connectivity index is 3.43. The van der Waals surface area contributed by atoms with Crippen LogP contribution in [0.4, 0.5) is 0 Å². The molecule has 0 radical (unpaired) electrons. The summed E-state index contributed by atoms with van der Waals surface area (Å²) in [7, 11) is 12.5. The molecule has 0 saturated carbocycles. The summed E-state index contributed by atoms with van der Waals surface area (Å²) in [6.07, 6.45) is 5.74. The lowest BCUT2D eigenvalue weighted by Crippen LogP contribution is -2.38. The summed E-state index contributed by atoms with van der Waals surface area (Å²) >= 11 is 0. The number of quaternary nitrogens is 2. The predicted molar refractivity (Wildman–Crippen MR) is 100 cm³/mol. The van der Waals surface area contributed by atoms with Gasteiger partial charge in [-0.05, 0) is 12.8 Å². The molecule has 148 valence electrons. The second-order valence-corrected chi connectivity index (χ2v) is 8.74. The standard InChI is InChI=1S/C19H40N2O4/c1-20(2,3)14-16-24-18(22)12-10-8-7-9-11-13-19(23)25-17-15-21(4,5)6/h7-17H2,1-6H3/q+2. The van der Waals surface area contributed by atoms with Crippen molar-refractivity contribution in [3.05, 3.63) is 0 Å². The summed E-state index contributed by atoms with van der Waals surface area (Å²) in [5.74, 6) is -0.205. The van der Waals surface area contributed by atoms with Crippen LogP contribution in [0.25, 0.3) is 0 Å². The fourth-order valence-electron chi connectivity index (χ4n) is 2.08. The van der Waals surface area contributed by atoms with Gasteiger partial charge in [-0.3, -0.25) is 9.59 Å². The molecule has 0 heterocycles. The molecular weight excluding hydrogens is 320 g/mol. The van der Waals surface area contributed by atoms with E-state index in [9.17, 15) is 9.59 Å². The smallest absolute Gasteiger partial charge is 0.305 e. The summed E-state index contributed by atoms with van der Waals surface area (Å²) in [5, 5.41) is 0. The van der Waals surface area contributed by atoms with Crippen molar-refractivity contribution >= 4 is 11.9 Å². The van der Waals surface area contributed by atoms with Crippen LogP contribution >= 0.6 is 0 Å². The van der Waals surface area contributed by atoms with E-state index in [2.05, 4.69) is 42.3 Å².